The first-order valence-electron chi connectivity index (χ1n) is 10.0. The summed E-state index contributed by atoms with van der Waals surface area (Å²) in [5.41, 5.74) is -1.05. The molecule has 1 aromatic carbocycles. The van der Waals surface area contributed by atoms with Crippen LogP contribution in [0.2, 0.25) is 0 Å². The summed E-state index contributed by atoms with van der Waals surface area (Å²) in [5.74, 6) is -0.372. The minimum absolute atomic E-state index is 0.123. The number of carbonyl (C=O) groups excluding carboxylic acids is 1. The Balaban J connectivity index is 1.69. The number of alkyl halides is 3. The van der Waals surface area contributed by atoms with Gasteiger partial charge in [-0.15, -0.1) is 0 Å². The number of aromatic hydroxyl groups is 1. The summed E-state index contributed by atoms with van der Waals surface area (Å²) in [4.78, 5) is 16.2. The number of likely N-dealkylation sites (tertiary alicyclic amines) is 2. The van der Waals surface area contributed by atoms with Crippen LogP contribution in [0.1, 0.15) is 57.6 Å². The van der Waals surface area contributed by atoms with E-state index in [1.165, 1.54) is 6.07 Å². The number of ether oxygens (including phenoxy) is 1. The number of piperidine rings is 1. The molecule has 2 saturated heterocycles. The molecular formula is C21H29F3N2O3. The third kappa shape index (κ3) is 5.15. The van der Waals surface area contributed by atoms with Crippen LogP contribution in [0, 0.1) is 0 Å². The van der Waals surface area contributed by atoms with Crippen LogP contribution in [0.5, 0.6) is 5.75 Å². The molecule has 2 aliphatic rings. The van der Waals surface area contributed by atoms with E-state index in [4.69, 9.17) is 4.74 Å². The highest BCUT2D eigenvalue weighted by Crippen LogP contribution is 2.40. The summed E-state index contributed by atoms with van der Waals surface area (Å²) in [5, 5.41) is 9.75. The van der Waals surface area contributed by atoms with Gasteiger partial charge in [0.05, 0.1) is 5.56 Å². The van der Waals surface area contributed by atoms with E-state index in [1.807, 2.05) is 20.8 Å². The number of nitrogens with zero attached hydrogens (tertiary/aromatic N) is 2. The molecule has 0 radical (unpaired) electrons. The summed E-state index contributed by atoms with van der Waals surface area (Å²) in [6.45, 7) is 7.78. The van der Waals surface area contributed by atoms with Crippen molar-refractivity contribution >= 4 is 6.09 Å². The Kier molecular flexibility index (Phi) is 5.77. The van der Waals surface area contributed by atoms with Crippen molar-refractivity contribution in [3.05, 3.63) is 29.3 Å². The molecule has 0 bridgehead atoms. The third-order valence-corrected chi connectivity index (χ3v) is 5.77. The van der Waals surface area contributed by atoms with Gasteiger partial charge in [0.15, 0.2) is 0 Å². The Hall–Kier alpha value is -1.96. The zero-order valence-electron chi connectivity index (χ0n) is 17.2. The van der Waals surface area contributed by atoms with Crippen molar-refractivity contribution in [1.29, 1.82) is 0 Å². The van der Waals surface area contributed by atoms with E-state index in [2.05, 4.69) is 4.90 Å². The van der Waals surface area contributed by atoms with Crippen LogP contribution in [-0.4, -0.2) is 51.8 Å². The fourth-order valence-electron chi connectivity index (χ4n) is 4.39. The number of benzene rings is 1. The van der Waals surface area contributed by atoms with E-state index in [-0.39, 0.29) is 17.4 Å². The summed E-state index contributed by atoms with van der Waals surface area (Å²) in [6, 6.07) is 3.27. The molecule has 1 spiro atoms. The van der Waals surface area contributed by atoms with Gasteiger partial charge in [-0.05, 0) is 76.8 Å². The third-order valence-electron chi connectivity index (χ3n) is 5.77. The molecule has 1 amide bonds. The largest absolute Gasteiger partial charge is 0.508 e. The minimum atomic E-state index is -4.49. The molecule has 8 heteroatoms. The van der Waals surface area contributed by atoms with Crippen LogP contribution in [-0.2, 0) is 17.5 Å². The lowest BCUT2D eigenvalue weighted by Crippen LogP contribution is -2.53. The molecule has 0 saturated carbocycles. The summed E-state index contributed by atoms with van der Waals surface area (Å²) < 4.78 is 44.7. The molecule has 162 valence electrons. The second kappa shape index (κ2) is 7.70. The second-order valence-corrected chi connectivity index (χ2v) is 9.10. The van der Waals surface area contributed by atoms with Crippen LogP contribution in [0.15, 0.2) is 18.2 Å². The van der Waals surface area contributed by atoms with E-state index in [1.54, 1.807) is 4.90 Å². The van der Waals surface area contributed by atoms with Crippen LogP contribution in [0.4, 0.5) is 18.0 Å². The lowest BCUT2D eigenvalue weighted by atomic mass is 9.85. The van der Waals surface area contributed by atoms with Gasteiger partial charge < -0.3 is 14.7 Å². The smallest absolute Gasteiger partial charge is 0.416 e. The van der Waals surface area contributed by atoms with Crippen molar-refractivity contribution in [2.45, 2.75) is 70.3 Å². The molecule has 2 heterocycles. The van der Waals surface area contributed by atoms with Crippen LogP contribution >= 0.6 is 0 Å². The standard InChI is InChI=1S/C21H29F3N2O3/c1-19(2,3)29-18(28)25-9-6-20(7-10-25)5-4-8-26(20)14-15-11-16(21(22,23)24)13-17(27)12-15/h11-13,27H,4-10,14H2,1-3H3. The number of phenols is 1. The molecule has 0 aromatic heterocycles. The van der Waals surface area contributed by atoms with Gasteiger partial charge in [0, 0.05) is 25.2 Å². The van der Waals surface area contributed by atoms with E-state index < -0.39 is 17.3 Å². The second-order valence-electron chi connectivity index (χ2n) is 9.10. The van der Waals surface area contributed by atoms with Gasteiger partial charge in [-0.25, -0.2) is 4.79 Å². The van der Waals surface area contributed by atoms with Gasteiger partial charge in [-0.1, -0.05) is 0 Å². The number of rotatable bonds is 2. The number of hydrogen-bond acceptors (Lipinski definition) is 4. The van der Waals surface area contributed by atoms with Crippen molar-refractivity contribution in [3.63, 3.8) is 0 Å². The van der Waals surface area contributed by atoms with E-state index in [0.29, 0.717) is 25.2 Å². The fourth-order valence-corrected chi connectivity index (χ4v) is 4.39. The van der Waals surface area contributed by atoms with Gasteiger partial charge in [0.25, 0.3) is 0 Å². The summed E-state index contributed by atoms with van der Waals surface area (Å²) in [7, 11) is 0. The maximum atomic E-state index is 13.1. The Labute approximate surface area is 169 Å². The molecule has 2 fully saturated rings. The molecule has 0 aliphatic carbocycles. The lowest BCUT2D eigenvalue weighted by Gasteiger charge is -2.45. The maximum absolute atomic E-state index is 13.1. The normalized spacial score (nSPS) is 20.3. The zero-order chi connectivity index (χ0) is 21.4. The Bertz CT molecular complexity index is 751. The first-order chi connectivity index (χ1) is 13.4. The van der Waals surface area contributed by atoms with Crippen molar-refractivity contribution < 1.29 is 27.8 Å². The minimum Gasteiger partial charge on any atom is -0.508 e. The molecule has 3 rings (SSSR count). The van der Waals surface area contributed by atoms with Crippen molar-refractivity contribution in [2.24, 2.45) is 0 Å². The molecule has 29 heavy (non-hydrogen) atoms. The molecule has 5 nitrogen and oxygen atoms in total. The average Bonchev–Trinajstić information content (AvgIpc) is 2.94. The predicted molar refractivity (Wildman–Crippen MR) is 103 cm³/mol. The number of halogens is 3. The Morgan fingerprint density at radius 3 is 2.34 bits per heavy atom. The number of hydrogen-bond donors (Lipinski definition) is 1. The van der Waals surface area contributed by atoms with E-state index in [9.17, 15) is 23.1 Å². The SMILES string of the molecule is CC(C)(C)OC(=O)N1CCC2(CCCN2Cc2cc(O)cc(C(F)(F)F)c2)CC1. The molecule has 0 atom stereocenters. The average molecular weight is 414 g/mol. The van der Waals surface area contributed by atoms with Gasteiger partial charge in [-0.3, -0.25) is 4.90 Å². The molecule has 1 N–H and O–H groups in total. The number of phenolic OH excluding ortho intramolecular Hbond substituents is 1. The molecule has 1 aromatic rings. The highest BCUT2D eigenvalue weighted by atomic mass is 19.4. The lowest BCUT2D eigenvalue weighted by molar-refractivity contribution is -0.137. The summed E-state index contributed by atoms with van der Waals surface area (Å²) >= 11 is 0. The van der Waals surface area contributed by atoms with Crippen molar-refractivity contribution in [1.82, 2.24) is 9.80 Å². The fraction of sp³-hybridized carbons (Fsp3) is 0.667. The number of amides is 1. The highest BCUT2D eigenvalue weighted by Gasteiger charge is 2.44. The van der Waals surface area contributed by atoms with Crippen LogP contribution in [0.3, 0.4) is 0 Å². The van der Waals surface area contributed by atoms with Gasteiger partial charge in [-0.2, -0.15) is 13.2 Å². The number of carbonyl (C=O) groups is 1. The van der Waals surface area contributed by atoms with Crippen LogP contribution < -0.4 is 0 Å². The monoisotopic (exact) mass is 414 g/mol. The van der Waals surface area contributed by atoms with Gasteiger partial charge in [0.2, 0.25) is 0 Å². The highest BCUT2D eigenvalue weighted by molar-refractivity contribution is 5.68. The van der Waals surface area contributed by atoms with Crippen molar-refractivity contribution in [2.75, 3.05) is 19.6 Å². The Morgan fingerprint density at radius 1 is 1.10 bits per heavy atom. The molecule has 2 aliphatic heterocycles. The van der Waals surface area contributed by atoms with Gasteiger partial charge in [0.1, 0.15) is 11.4 Å². The predicted octanol–water partition coefficient (Wildman–Crippen LogP) is 4.78. The van der Waals surface area contributed by atoms with Gasteiger partial charge >= 0.3 is 12.3 Å². The first-order valence-corrected chi connectivity index (χ1v) is 10.0. The summed E-state index contributed by atoms with van der Waals surface area (Å²) in [6.07, 6.45) is -1.36. The molecular weight excluding hydrogens is 385 g/mol. The maximum Gasteiger partial charge on any atom is 0.416 e. The quantitative estimate of drug-likeness (QED) is 0.757. The topological polar surface area (TPSA) is 53.0 Å². The van der Waals surface area contributed by atoms with E-state index in [0.717, 1.165) is 44.4 Å². The molecule has 0 unspecified atom stereocenters. The van der Waals surface area contributed by atoms with Crippen LogP contribution in [0.25, 0.3) is 0 Å². The zero-order valence-corrected chi connectivity index (χ0v) is 17.2. The van der Waals surface area contributed by atoms with E-state index >= 15 is 0 Å². The Morgan fingerprint density at radius 2 is 1.76 bits per heavy atom. The van der Waals surface area contributed by atoms with Crippen molar-refractivity contribution in [3.8, 4) is 5.75 Å². The first kappa shape index (κ1) is 21.7.